The molecule has 0 radical (unpaired) electrons. The molecule has 3 rings (SSSR count). The van der Waals surface area contributed by atoms with Crippen LogP contribution in [0.3, 0.4) is 0 Å². The Kier molecular flexibility index (Phi) is 5.18. The summed E-state index contributed by atoms with van der Waals surface area (Å²) in [6, 6.07) is 8.09. The number of aromatic nitrogens is 2. The molecule has 1 saturated carbocycles. The summed E-state index contributed by atoms with van der Waals surface area (Å²) in [5.41, 5.74) is 9.11. The van der Waals surface area contributed by atoms with Gasteiger partial charge >= 0.3 is 0 Å². The van der Waals surface area contributed by atoms with Crippen LogP contribution in [0.4, 0.5) is 5.69 Å². The summed E-state index contributed by atoms with van der Waals surface area (Å²) in [7, 11) is 1.69. The Balaban J connectivity index is 1.94. The first-order valence-corrected chi connectivity index (χ1v) is 8.49. The lowest BCUT2D eigenvalue weighted by Crippen LogP contribution is -2.12. The number of hydrogen-bond acceptors (Lipinski definition) is 4. The van der Waals surface area contributed by atoms with Crippen LogP contribution in [0.15, 0.2) is 30.5 Å². The van der Waals surface area contributed by atoms with Crippen molar-refractivity contribution in [2.75, 3.05) is 25.5 Å². The van der Waals surface area contributed by atoms with E-state index in [0.717, 1.165) is 30.1 Å². The minimum Gasteiger partial charge on any atom is -0.497 e. The Bertz CT molecular complexity index is 632. The van der Waals surface area contributed by atoms with Crippen molar-refractivity contribution < 1.29 is 4.74 Å². The molecule has 1 aliphatic carbocycles. The Hall–Kier alpha value is -2.01. The van der Waals surface area contributed by atoms with E-state index in [1.54, 1.807) is 7.11 Å². The normalized spacial score (nSPS) is 15.0. The number of ether oxygens (including phenoxy) is 1. The molecule has 1 heterocycles. The zero-order chi connectivity index (χ0) is 16.1. The molecule has 0 unspecified atom stereocenters. The van der Waals surface area contributed by atoms with Gasteiger partial charge in [0, 0.05) is 18.5 Å². The van der Waals surface area contributed by atoms with Crippen LogP contribution in [0.1, 0.15) is 43.7 Å². The number of nitrogens with zero attached hydrogens (tertiary/aromatic N) is 2. The molecular formula is C18H26N4O. The van der Waals surface area contributed by atoms with Crippen molar-refractivity contribution in [3.63, 3.8) is 0 Å². The summed E-state index contributed by atoms with van der Waals surface area (Å²) in [6.07, 6.45) is 7.99. The third-order valence-electron chi connectivity index (χ3n) is 4.54. The zero-order valence-corrected chi connectivity index (χ0v) is 13.8. The van der Waals surface area contributed by atoms with Gasteiger partial charge in [0.2, 0.25) is 0 Å². The van der Waals surface area contributed by atoms with Gasteiger partial charge in [-0.1, -0.05) is 18.9 Å². The number of methoxy groups -OCH3 is 1. The molecule has 3 N–H and O–H groups in total. The van der Waals surface area contributed by atoms with Gasteiger partial charge in [0.25, 0.3) is 0 Å². The monoisotopic (exact) mass is 314 g/mol. The van der Waals surface area contributed by atoms with Crippen LogP contribution in [0.25, 0.3) is 5.69 Å². The van der Waals surface area contributed by atoms with Crippen LogP contribution in [-0.2, 0) is 0 Å². The predicted octanol–water partition coefficient (Wildman–Crippen LogP) is 3.30. The Labute approximate surface area is 137 Å². The highest BCUT2D eigenvalue weighted by Gasteiger charge is 2.25. The number of rotatable bonds is 7. The molecule has 0 aliphatic heterocycles. The smallest absolute Gasteiger partial charge is 0.121 e. The summed E-state index contributed by atoms with van der Waals surface area (Å²) in [5.74, 6) is 1.43. The van der Waals surface area contributed by atoms with E-state index in [0.29, 0.717) is 12.5 Å². The number of nitrogens with two attached hydrogens (primary N) is 1. The summed E-state index contributed by atoms with van der Waals surface area (Å²) >= 11 is 0. The maximum absolute atomic E-state index is 5.61. The number of nitrogens with one attached hydrogen (secondary N) is 1. The molecule has 1 aliphatic rings. The molecule has 1 aromatic heterocycles. The molecule has 2 aromatic rings. The molecule has 0 atom stereocenters. The van der Waals surface area contributed by atoms with Crippen LogP contribution in [0, 0.1) is 0 Å². The number of anilines is 1. The molecule has 23 heavy (non-hydrogen) atoms. The molecule has 5 heteroatoms. The molecular weight excluding hydrogens is 288 g/mol. The second-order valence-corrected chi connectivity index (χ2v) is 6.11. The van der Waals surface area contributed by atoms with Crippen LogP contribution in [-0.4, -0.2) is 30.0 Å². The SMILES string of the molecule is COc1cccc(-n2ncc(NCCCN)c2C2CCCC2)c1. The molecule has 0 spiro atoms. The fraction of sp³-hybridized carbons (Fsp3) is 0.500. The maximum atomic E-state index is 5.61. The third kappa shape index (κ3) is 3.50. The fourth-order valence-corrected chi connectivity index (χ4v) is 3.36. The van der Waals surface area contributed by atoms with Gasteiger partial charge in [-0.2, -0.15) is 5.10 Å². The van der Waals surface area contributed by atoms with Crippen LogP contribution < -0.4 is 15.8 Å². The highest BCUT2D eigenvalue weighted by molar-refractivity contribution is 5.53. The van der Waals surface area contributed by atoms with E-state index >= 15 is 0 Å². The van der Waals surface area contributed by atoms with Crippen molar-refractivity contribution in [1.29, 1.82) is 0 Å². The molecule has 0 bridgehead atoms. The minimum absolute atomic E-state index is 0.573. The van der Waals surface area contributed by atoms with Crippen LogP contribution in [0.2, 0.25) is 0 Å². The highest BCUT2D eigenvalue weighted by atomic mass is 16.5. The largest absolute Gasteiger partial charge is 0.497 e. The zero-order valence-electron chi connectivity index (χ0n) is 13.8. The van der Waals surface area contributed by atoms with Gasteiger partial charge in [-0.25, -0.2) is 4.68 Å². The van der Waals surface area contributed by atoms with Gasteiger partial charge in [0.05, 0.1) is 30.4 Å². The summed E-state index contributed by atoms with van der Waals surface area (Å²) < 4.78 is 7.43. The van der Waals surface area contributed by atoms with Crippen LogP contribution >= 0.6 is 0 Å². The van der Waals surface area contributed by atoms with Crippen molar-refractivity contribution in [1.82, 2.24) is 9.78 Å². The topological polar surface area (TPSA) is 65.1 Å². The lowest BCUT2D eigenvalue weighted by atomic mass is 10.0. The van der Waals surface area contributed by atoms with Crippen LogP contribution in [0.5, 0.6) is 5.75 Å². The van der Waals surface area contributed by atoms with Crippen molar-refractivity contribution in [3.8, 4) is 11.4 Å². The van der Waals surface area contributed by atoms with E-state index in [2.05, 4.69) is 21.2 Å². The first-order valence-electron chi connectivity index (χ1n) is 8.49. The molecule has 0 amide bonds. The number of hydrogen-bond donors (Lipinski definition) is 2. The fourth-order valence-electron chi connectivity index (χ4n) is 3.36. The van der Waals surface area contributed by atoms with Gasteiger partial charge in [0.1, 0.15) is 5.75 Å². The first-order chi connectivity index (χ1) is 11.3. The highest BCUT2D eigenvalue weighted by Crippen LogP contribution is 2.39. The lowest BCUT2D eigenvalue weighted by Gasteiger charge is -2.16. The average molecular weight is 314 g/mol. The molecule has 0 saturated heterocycles. The maximum Gasteiger partial charge on any atom is 0.121 e. The van der Waals surface area contributed by atoms with Gasteiger partial charge in [-0.15, -0.1) is 0 Å². The molecule has 1 fully saturated rings. The van der Waals surface area contributed by atoms with Gasteiger partial charge < -0.3 is 15.8 Å². The van der Waals surface area contributed by atoms with E-state index in [1.165, 1.54) is 31.4 Å². The van der Waals surface area contributed by atoms with Crippen molar-refractivity contribution in [3.05, 3.63) is 36.2 Å². The van der Waals surface area contributed by atoms with E-state index in [9.17, 15) is 0 Å². The standard InChI is InChI=1S/C18H26N4O/c1-23-16-9-4-8-15(12-16)22-18(14-6-2-3-7-14)17(13-21-22)20-11-5-10-19/h4,8-9,12-14,20H,2-3,5-7,10-11,19H2,1H3. The van der Waals surface area contributed by atoms with E-state index in [4.69, 9.17) is 10.5 Å². The minimum atomic E-state index is 0.573. The predicted molar refractivity (Wildman–Crippen MR) is 93.5 cm³/mol. The lowest BCUT2D eigenvalue weighted by molar-refractivity contribution is 0.414. The molecule has 5 nitrogen and oxygen atoms in total. The van der Waals surface area contributed by atoms with Gasteiger partial charge in [-0.3, -0.25) is 0 Å². The number of benzene rings is 1. The summed E-state index contributed by atoms with van der Waals surface area (Å²) in [4.78, 5) is 0. The summed E-state index contributed by atoms with van der Waals surface area (Å²) in [5, 5.41) is 8.17. The third-order valence-corrected chi connectivity index (χ3v) is 4.54. The second-order valence-electron chi connectivity index (χ2n) is 6.11. The molecule has 124 valence electrons. The van der Waals surface area contributed by atoms with Gasteiger partial charge in [0.15, 0.2) is 0 Å². The Morgan fingerprint density at radius 1 is 1.35 bits per heavy atom. The quantitative estimate of drug-likeness (QED) is 0.770. The van der Waals surface area contributed by atoms with E-state index in [-0.39, 0.29) is 0 Å². The van der Waals surface area contributed by atoms with E-state index < -0.39 is 0 Å². The Morgan fingerprint density at radius 3 is 2.91 bits per heavy atom. The second kappa shape index (κ2) is 7.51. The molecule has 1 aromatic carbocycles. The van der Waals surface area contributed by atoms with E-state index in [1.807, 2.05) is 24.4 Å². The first kappa shape index (κ1) is 15.9. The average Bonchev–Trinajstić information content (AvgIpc) is 3.24. The van der Waals surface area contributed by atoms with Gasteiger partial charge in [-0.05, 0) is 37.9 Å². The Morgan fingerprint density at radius 2 is 2.17 bits per heavy atom. The van der Waals surface area contributed by atoms with Crippen molar-refractivity contribution in [2.24, 2.45) is 5.73 Å². The summed E-state index contributed by atoms with van der Waals surface area (Å²) in [6.45, 7) is 1.59. The van der Waals surface area contributed by atoms with Crippen molar-refractivity contribution >= 4 is 5.69 Å². The van der Waals surface area contributed by atoms with Crippen molar-refractivity contribution in [2.45, 2.75) is 38.0 Å².